The number of carbonyl (C=O) groups is 2. The molecule has 8 heteroatoms. The van der Waals surface area contributed by atoms with Gasteiger partial charge < -0.3 is 10.0 Å². The fraction of sp³-hybridized carbons (Fsp3) is 0.350. The Hall–Kier alpha value is -3.29. The average Bonchev–Trinajstić information content (AvgIpc) is 3.08. The molecule has 1 aliphatic rings. The van der Waals surface area contributed by atoms with Gasteiger partial charge in [-0.2, -0.15) is 0 Å². The van der Waals surface area contributed by atoms with E-state index >= 15 is 0 Å². The Morgan fingerprint density at radius 2 is 2.00 bits per heavy atom. The third kappa shape index (κ3) is 3.00. The molecule has 0 radical (unpaired) electrons. The lowest BCUT2D eigenvalue weighted by atomic mass is 9.92. The van der Waals surface area contributed by atoms with Crippen LogP contribution in [0.15, 0.2) is 36.5 Å². The number of piperidine rings is 1. The lowest BCUT2D eigenvalue weighted by Gasteiger charge is -2.35. The number of fused-ring (bicyclic) bond motifs is 1. The number of hydrogen-bond acceptors (Lipinski definition) is 5. The minimum absolute atomic E-state index is 0.175. The molecule has 1 N–H and O–H groups in total. The first-order chi connectivity index (χ1) is 13.5. The maximum absolute atomic E-state index is 13.1. The SMILES string of the molecule is Cc1c(C(=O)N2CCC(C)CC2C(=O)O)nnn1-c1cccc2cccnc12. The summed E-state index contributed by atoms with van der Waals surface area (Å²) < 4.78 is 1.59. The van der Waals surface area contributed by atoms with Crippen molar-refractivity contribution in [3.8, 4) is 5.69 Å². The highest BCUT2D eigenvalue weighted by Gasteiger charge is 2.37. The Morgan fingerprint density at radius 1 is 1.21 bits per heavy atom. The number of carboxylic acids is 1. The van der Waals surface area contributed by atoms with Gasteiger partial charge in [-0.1, -0.05) is 30.3 Å². The number of likely N-dealkylation sites (tertiary alicyclic amines) is 1. The molecule has 1 saturated heterocycles. The molecule has 0 saturated carbocycles. The van der Waals surface area contributed by atoms with Crippen LogP contribution in [0.2, 0.25) is 0 Å². The molecule has 4 rings (SSSR count). The molecule has 28 heavy (non-hydrogen) atoms. The molecule has 3 heterocycles. The van der Waals surface area contributed by atoms with Gasteiger partial charge in [0.05, 0.1) is 16.9 Å². The number of hydrogen-bond donors (Lipinski definition) is 1. The first-order valence-corrected chi connectivity index (χ1v) is 9.27. The van der Waals surface area contributed by atoms with E-state index in [1.807, 2.05) is 37.3 Å². The van der Waals surface area contributed by atoms with Gasteiger partial charge in [0.25, 0.3) is 5.91 Å². The van der Waals surface area contributed by atoms with Gasteiger partial charge in [-0.05, 0) is 37.8 Å². The molecule has 144 valence electrons. The van der Waals surface area contributed by atoms with E-state index in [2.05, 4.69) is 15.3 Å². The molecule has 1 aromatic carbocycles. The summed E-state index contributed by atoms with van der Waals surface area (Å²) >= 11 is 0. The van der Waals surface area contributed by atoms with Crippen LogP contribution in [0, 0.1) is 12.8 Å². The van der Waals surface area contributed by atoms with Crippen LogP contribution in [-0.2, 0) is 4.79 Å². The van der Waals surface area contributed by atoms with Gasteiger partial charge in [-0.3, -0.25) is 9.78 Å². The maximum Gasteiger partial charge on any atom is 0.326 e. The van der Waals surface area contributed by atoms with E-state index in [1.165, 1.54) is 4.90 Å². The van der Waals surface area contributed by atoms with Crippen molar-refractivity contribution in [1.82, 2.24) is 24.9 Å². The van der Waals surface area contributed by atoms with Crippen LogP contribution in [0.1, 0.15) is 35.9 Å². The topological polar surface area (TPSA) is 101 Å². The van der Waals surface area contributed by atoms with Crippen molar-refractivity contribution in [2.45, 2.75) is 32.7 Å². The molecular formula is C20H21N5O3. The van der Waals surface area contributed by atoms with Crippen molar-refractivity contribution in [2.24, 2.45) is 5.92 Å². The number of rotatable bonds is 3. The number of carbonyl (C=O) groups excluding carboxylic acids is 1. The van der Waals surface area contributed by atoms with Gasteiger partial charge in [0.1, 0.15) is 6.04 Å². The fourth-order valence-corrected chi connectivity index (χ4v) is 3.77. The maximum atomic E-state index is 13.1. The molecule has 0 spiro atoms. The molecule has 1 amide bonds. The van der Waals surface area contributed by atoms with E-state index < -0.39 is 17.9 Å². The van der Waals surface area contributed by atoms with Crippen molar-refractivity contribution in [2.75, 3.05) is 6.54 Å². The number of aliphatic carboxylic acids is 1. The summed E-state index contributed by atoms with van der Waals surface area (Å²) in [6.07, 6.45) is 2.92. The number of pyridine rings is 1. The van der Waals surface area contributed by atoms with Crippen molar-refractivity contribution in [3.05, 3.63) is 47.9 Å². The standard InChI is InChI=1S/C20H21N5O3/c1-12-8-10-24(16(11-12)20(27)28)19(26)17-13(2)25(23-22-17)15-7-3-5-14-6-4-9-21-18(14)15/h3-7,9,12,16H,8,10-11H2,1-2H3,(H,27,28). The smallest absolute Gasteiger partial charge is 0.326 e. The van der Waals surface area contributed by atoms with Gasteiger partial charge in [0.2, 0.25) is 0 Å². The average molecular weight is 379 g/mol. The number of benzene rings is 1. The number of aromatic nitrogens is 4. The predicted octanol–water partition coefficient (Wildman–Crippen LogP) is 2.45. The second kappa shape index (κ2) is 7.03. The van der Waals surface area contributed by atoms with Crippen LogP contribution in [0.25, 0.3) is 16.6 Å². The monoisotopic (exact) mass is 379 g/mol. The summed E-state index contributed by atoms with van der Waals surface area (Å²) in [4.78, 5) is 30.6. The van der Waals surface area contributed by atoms with Crippen molar-refractivity contribution < 1.29 is 14.7 Å². The lowest BCUT2D eigenvalue weighted by molar-refractivity contribution is -0.144. The zero-order valence-electron chi connectivity index (χ0n) is 15.7. The minimum atomic E-state index is -0.983. The van der Waals surface area contributed by atoms with E-state index in [-0.39, 0.29) is 11.6 Å². The third-order valence-corrected chi connectivity index (χ3v) is 5.35. The number of nitrogens with zero attached hydrogens (tertiary/aromatic N) is 5. The van der Waals surface area contributed by atoms with Crippen LogP contribution < -0.4 is 0 Å². The summed E-state index contributed by atoms with van der Waals surface area (Å²) in [6, 6.07) is 8.70. The highest BCUT2D eigenvalue weighted by atomic mass is 16.4. The van der Waals surface area contributed by atoms with Gasteiger partial charge in [0.15, 0.2) is 5.69 Å². The molecule has 2 atom stereocenters. The van der Waals surface area contributed by atoms with E-state index in [9.17, 15) is 14.7 Å². The van der Waals surface area contributed by atoms with Gasteiger partial charge >= 0.3 is 5.97 Å². The Labute approximate surface area is 161 Å². The highest BCUT2D eigenvalue weighted by Crippen LogP contribution is 2.26. The minimum Gasteiger partial charge on any atom is -0.480 e. The molecule has 3 aromatic rings. The first-order valence-electron chi connectivity index (χ1n) is 9.27. The van der Waals surface area contributed by atoms with E-state index in [0.29, 0.717) is 18.7 Å². The van der Waals surface area contributed by atoms with E-state index in [0.717, 1.165) is 23.0 Å². The van der Waals surface area contributed by atoms with Crippen LogP contribution in [0.4, 0.5) is 0 Å². The predicted molar refractivity (Wildman–Crippen MR) is 102 cm³/mol. The first kappa shape index (κ1) is 18.1. The quantitative estimate of drug-likeness (QED) is 0.750. The molecule has 1 fully saturated rings. The van der Waals surface area contributed by atoms with Crippen molar-refractivity contribution >= 4 is 22.8 Å². The van der Waals surface area contributed by atoms with Crippen molar-refractivity contribution in [1.29, 1.82) is 0 Å². The summed E-state index contributed by atoms with van der Waals surface area (Å²) in [5, 5.41) is 18.8. The summed E-state index contributed by atoms with van der Waals surface area (Å²) in [5.41, 5.74) is 2.22. The van der Waals surface area contributed by atoms with E-state index in [4.69, 9.17) is 0 Å². The largest absolute Gasteiger partial charge is 0.480 e. The summed E-state index contributed by atoms with van der Waals surface area (Å²) in [6.45, 7) is 4.17. The molecule has 2 unspecified atom stereocenters. The lowest BCUT2D eigenvalue weighted by Crippen LogP contribution is -2.50. The zero-order valence-corrected chi connectivity index (χ0v) is 15.7. The van der Waals surface area contributed by atoms with Gasteiger partial charge in [-0.25, -0.2) is 9.48 Å². The van der Waals surface area contributed by atoms with Crippen LogP contribution in [0.3, 0.4) is 0 Å². The second-order valence-corrected chi connectivity index (χ2v) is 7.27. The molecule has 8 nitrogen and oxygen atoms in total. The summed E-state index contributed by atoms with van der Waals surface area (Å²) in [7, 11) is 0. The van der Waals surface area contributed by atoms with Crippen molar-refractivity contribution in [3.63, 3.8) is 0 Å². The molecule has 0 aliphatic carbocycles. The van der Waals surface area contributed by atoms with E-state index in [1.54, 1.807) is 17.8 Å². The van der Waals surface area contributed by atoms with Crippen LogP contribution in [-0.4, -0.2) is 54.4 Å². The number of carboxylic acid groups (broad SMARTS) is 1. The fourth-order valence-electron chi connectivity index (χ4n) is 3.77. The highest BCUT2D eigenvalue weighted by molar-refractivity contribution is 5.96. The van der Waals surface area contributed by atoms with Gasteiger partial charge in [-0.15, -0.1) is 5.10 Å². The molecule has 0 bridgehead atoms. The Morgan fingerprint density at radius 3 is 2.79 bits per heavy atom. The molecule has 1 aliphatic heterocycles. The Bertz CT molecular complexity index is 1060. The third-order valence-electron chi connectivity index (χ3n) is 5.35. The molecular weight excluding hydrogens is 358 g/mol. The normalized spacial score (nSPS) is 19.7. The zero-order chi connectivity index (χ0) is 19.8. The Balaban J connectivity index is 1.72. The molecule has 2 aromatic heterocycles. The Kier molecular flexibility index (Phi) is 4.54. The summed E-state index contributed by atoms with van der Waals surface area (Å²) in [5.74, 6) is -1.11. The van der Waals surface area contributed by atoms with Crippen LogP contribution in [0.5, 0.6) is 0 Å². The number of amides is 1. The van der Waals surface area contributed by atoms with Gasteiger partial charge in [0, 0.05) is 18.1 Å². The number of para-hydroxylation sites is 1. The van der Waals surface area contributed by atoms with Crippen LogP contribution >= 0.6 is 0 Å². The second-order valence-electron chi connectivity index (χ2n) is 7.27.